The number of aromatic nitrogens is 1. The molecule has 0 aliphatic carbocycles. The van der Waals surface area contributed by atoms with Crippen molar-refractivity contribution in [2.45, 2.75) is 6.04 Å². The summed E-state index contributed by atoms with van der Waals surface area (Å²) in [6.45, 7) is 2.52. The van der Waals surface area contributed by atoms with E-state index in [4.69, 9.17) is 4.74 Å². The zero-order valence-corrected chi connectivity index (χ0v) is 16.3. The van der Waals surface area contributed by atoms with Crippen molar-refractivity contribution in [3.05, 3.63) is 84.1 Å². The third-order valence-corrected chi connectivity index (χ3v) is 5.02. The van der Waals surface area contributed by atoms with Gasteiger partial charge in [-0.3, -0.25) is 4.79 Å². The maximum Gasteiger partial charge on any atom is 0.274 e. The Kier molecular flexibility index (Phi) is 5.72. The van der Waals surface area contributed by atoms with Gasteiger partial charge in [0.25, 0.3) is 5.91 Å². The molecule has 2 heterocycles. The van der Waals surface area contributed by atoms with Crippen LogP contribution in [0, 0.1) is 0 Å². The molecule has 1 aliphatic heterocycles. The highest BCUT2D eigenvalue weighted by Gasteiger charge is 2.22. The normalized spacial score (nSPS) is 16.3. The Morgan fingerprint density at radius 2 is 1.86 bits per heavy atom. The molecule has 2 N–H and O–H groups in total. The van der Waals surface area contributed by atoms with Crippen LogP contribution in [0.4, 0.5) is 11.5 Å². The first-order valence-electron chi connectivity index (χ1n) is 9.68. The molecule has 0 bridgehead atoms. The molecule has 1 aromatic heterocycles. The second-order valence-corrected chi connectivity index (χ2v) is 6.93. The first-order chi connectivity index (χ1) is 14.2. The highest BCUT2D eigenvalue weighted by molar-refractivity contribution is 6.03. The van der Waals surface area contributed by atoms with Gasteiger partial charge in [-0.1, -0.05) is 36.4 Å². The summed E-state index contributed by atoms with van der Waals surface area (Å²) in [5.74, 6) is 1.33. The third-order valence-electron chi connectivity index (χ3n) is 5.02. The molecule has 148 valence electrons. The summed E-state index contributed by atoms with van der Waals surface area (Å²) in [6.07, 6.45) is 0. The lowest BCUT2D eigenvalue weighted by Gasteiger charge is -2.34. The van der Waals surface area contributed by atoms with Gasteiger partial charge in [-0.15, -0.1) is 0 Å². The number of hydrogen-bond donors (Lipinski definition) is 2. The number of nitrogens with zero attached hydrogens (tertiary/aromatic N) is 2. The van der Waals surface area contributed by atoms with Gasteiger partial charge in [-0.05, 0) is 42.0 Å². The van der Waals surface area contributed by atoms with Gasteiger partial charge >= 0.3 is 0 Å². The highest BCUT2D eigenvalue weighted by atomic mass is 16.5. The summed E-state index contributed by atoms with van der Waals surface area (Å²) >= 11 is 0. The van der Waals surface area contributed by atoms with Crippen molar-refractivity contribution in [1.29, 1.82) is 0 Å². The molecule has 1 fully saturated rings. The molecular formula is C23H24N4O2. The minimum absolute atomic E-state index is 0.230. The van der Waals surface area contributed by atoms with E-state index in [0.717, 1.165) is 31.2 Å². The summed E-state index contributed by atoms with van der Waals surface area (Å²) < 4.78 is 5.15. The maximum absolute atomic E-state index is 12.7. The summed E-state index contributed by atoms with van der Waals surface area (Å²) in [4.78, 5) is 19.5. The topological polar surface area (TPSA) is 66.5 Å². The van der Waals surface area contributed by atoms with E-state index in [1.54, 1.807) is 25.3 Å². The lowest BCUT2D eigenvalue weighted by atomic mass is 10.0. The van der Waals surface area contributed by atoms with Gasteiger partial charge in [0.05, 0.1) is 7.11 Å². The summed E-state index contributed by atoms with van der Waals surface area (Å²) in [5.41, 5.74) is 2.35. The number of ether oxygens (including phenoxy) is 1. The van der Waals surface area contributed by atoms with E-state index >= 15 is 0 Å². The van der Waals surface area contributed by atoms with E-state index in [1.807, 2.05) is 30.3 Å². The van der Waals surface area contributed by atoms with Gasteiger partial charge in [0, 0.05) is 31.4 Å². The van der Waals surface area contributed by atoms with Gasteiger partial charge in [0.15, 0.2) is 0 Å². The SMILES string of the molecule is COc1ccc(NC(=O)c2cccc(N3CCNC(c4ccccc4)C3)n2)cc1. The van der Waals surface area contributed by atoms with Crippen LogP contribution in [0.15, 0.2) is 72.8 Å². The monoisotopic (exact) mass is 388 g/mol. The molecule has 4 rings (SSSR count). The van der Waals surface area contributed by atoms with Gasteiger partial charge in [-0.25, -0.2) is 4.98 Å². The number of hydrogen-bond acceptors (Lipinski definition) is 5. The second-order valence-electron chi connectivity index (χ2n) is 6.93. The number of piperazine rings is 1. The van der Waals surface area contributed by atoms with Gasteiger partial charge in [0.2, 0.25) is 0 Å². The number of amides is 1. The molecule has 6 nitrogen and oxygen atoms in total. The lowest BCUT2D eigenvalue weighted by molar-refractivity contribution is 0.102. The van der Waals surface area contributed by atoms with Crippen molar-refractivity contribution in [2.24, 2.45) is 0 Å². The van der Waals surface area contributed by atoms with Crippen LogP contribution in [-0.4, -0.2) is 37.6 Å². The van der Waals surface area contributed by atoms with Crippen LogP contribution in [0.5, 0.6) is 5.75 Å². The van der Waals surface area contributed by atoms with E-state index in [2.05, 4.69) is 44.8 Å². The maximum atomic E-state index is 12.7. The summed E-state index contributed by atoms with van der Waals surface area (Å²) in [6, 6.07) is 23.4. The number of carbonyl (C=O) groups excluding carboxylic acids is 1. The number of pyridine rings is 1. The average Bonchev–Trinajstić information content (AvgIpc) is 2.80. The average molecular weight is 388 g/mol. The van der Waals surface area contributed by atoms with Crippen LogP contribution >= 0.6 is 0 Å². The van der Waals surface area contributed by atoms with Crippen molar-refractivity contribution in [3.8, 4) is 5.75 Å². The number of carbonyl (C=O) groups is 1. The zero-order chi connectivity index (χ0) is 20.1. The molecule has 2 aromatic carbocycles. The zero-order valence-electron chi connectivity index (χ0n) is 16.3. The van der Waals surface area contributed by atoms with Crippen LogP contribution < -0.4 is 20.3 Å². The van der Waals surface area contributed by atoms with Crippen LogP contribution in [0.1, 0.15) is 22.1 Å². The Morgan fingerprint density at radius 1 is 1.07 bits per heavy atom. The van der Waals surface area contributed by atoms with Crippen molar-refractivity contribution < 1.29 is 9.53 Å². The smallest absolute Gasteiger partial charge is 0.274 e. The molecule has 1 aliphatic rings. The van der Waals surface area contributed by atoms with E-state index in [-0.39, 0.29) is 11.9 Å². The van der Waals surface area contributed by atoms with Crippen LogP contribution in [-0.2, 0) is 0 Å². The minimum Gasteiger partial charge on any atom is -0.497 e. The molecular weight excluding hydrogens is 364 g/mol. The van der Waals surface area contributed by atoms with Crippen molar-refractivity contribution in [1.82, 2.24) is 10.3 Å². The molecule has 3 aromatic rings. The summed E-state index contributed by atoms with van der Waals surface area (Å²) in [5, 5.41) is 6.44. The van der Waals surface area contributed by atoms with Crippen LogP contribution in [0.3, 0.4) is 0 Å². The highest BCUT2D eigenvalue weighted by Crippen LogP contribution is 2.22. The third kappa shape index (κ3) is 4.55. The Morgan fingerprint density at radius 3 is 2.62 bits per heavy atom. The van der Waals surface area contributed by atoms with E-state index in [0.29, 0.717) is 11.4 Å². The van der Waals surface area contributed by atoms with Crippen molar-refractivity contribution in [2.75, 3.05) is 37.0 Å². The Hall–Kier alpha value is -3.38. The molecule has 0 saturated carbocycles. The van der Waals surface area contributed by atoms with Gasteiger partial charge in [-0.2, -0.15) is 0 Å². The largest absolute Gasteiger partial charge is 0.497 e. The summed E-state index contributed by atoms with van der Waals surface area (Å²) in [7, 11) is 1.61. The van der Waals surface area contributed by atoms with Gasteiger partial charge < -0.3 is 20.3 Å². The fourth-order valence-electron chi connectivity index (χ4n) is 3.46. The van der Waals surface area contributed by atoms with Crippen LogP contribution in [0.2, 0.25) is 0 Å². The predicted octanol–water partition coefficient (Wildman–Crippen LogP) is 3.49. The molecule has 0 radical (unpaired) electrons. The molecule has 1 atom stereocenters. The van der Waals surface area contributed by atoms with Crippen molar-refractivity contribution in [3.63, 3.8) is 0 Å². The quantitative estimate of drug-likeness (QED) is 0.700. The van der Waals surface area contributed by atoms with Crippen molar-refractivity contribution >= 4 is 17.4 Å². The first-order valence-corrected chi connectivity index (χ1v) is 9.68. The fourth-order valence-corrected chi connectivity index (χ4v) is 3.46. The number of benzene rings is 2. The molecule has 6 heteroatoms. The molecule has 29 heavy (non-hydrogen) atoms. The van der Waals surface area contributed by atoms with E-state index in [1.165, 1.54) is 5.56 Å². The number of anilines is 2. The van der Waals surface area contributed by atoms with E-state index in [9.17, 15) is 4.79 Å². The van der Waals surface area contributed by atoms with E-state index < -0.39 is 0 Å². The molecule has 1 amide bonds. The predicted molar refractivity (Wildman–Crippen MR) is 115 cm³/mol. The van der Waals surface area contributed by atoms with Gasteiger partial charge in [0.1, 0.15) is 17.3 Å². The molecule has 1 saturated heterocycles. The standard InChI is InChI=1S/C23H24N4O2/c1-29-19-12-10-18(11-13-19)25-23(28)20-8-5-9-22(26-20)27-15-14-24-21(16-27)17-6-3-2-4-7-17/h2-13,21,24H,14-16H2,1H3,(H,25,28). The van der Waals surface area contributed by atoms with Crippen LogP contribution in [0.25, 0.3) is 0 Å². The number of nitrogens with one attached hydrogen (secondary N) is 2. The number of methoxy groups -OCH3 is 1. The first kappa shape index (κ1) is 19.0. The fraction of sp³-hybridized carbons (Fsp3) is 0.217. The Bertz CT molecular complexity index is 960. The number of rotatable bonds is 5. The molecule has 1 unspecified atom stereocenters. The lowest BCUT2D eigenvalue weighted by Crippen LogP contribution is -2.46. The molecule has 0 spiro atoms. The second kappa shape index (κ2) is 8.75. The Labute approximate surface area is 170 Å². The minimum atomic E-state index is -0.230. The Balaban J connectivity index is 1.46.